The summed E-state index contributed by atoms with van der Waals surface area (Å²) in [6.07, 6.45) is 1.17. The molecule has 0 saturated carbocycles. The van der Waals surface area contributed by atoms with Gasteiger partial charge in [-0.2, -0.15) is 0 Å². The van der Waals surface area contributed by atoms with Crippen molar-refractivity contribution < 1.29 is 9.53 Å². The van der Waals surface area contributed by atoms with E-state index in [4.69, 9.17) is 16.3 Å². The highest BCUT2D eigenvalue weighted by molar-refractivity contribution is 8.22. The third-order valence-corrected chi connectivity index (χ3v) is 5.23. The van der Waals surface area contributed by atoms with Gasteiger partial charge in [0.2, 0.25) is 0 Å². The van der Waals surface area contributed by atoms with Crippen molar-refractivity contribution in [1.29, 1.82) is 0 Å². The fraction of sp³-hybridized carbons (Fsp3) is 0.154. The molecule has 0 aliphatic carbocycles. The molecule has 0 N–H and O–H groups in total. The largest absolute Gasteiger partial charge is 0.457 e. The Morgan fingerprint density at radius 2 is 2.17 bits per heavy atom. The van der Waals surface area contributed by atoms with Crippen LogP contribution in [-0.4, -0.2) is 12.6 Å². The van der Waals surface area contributed by atoms with Crippen molar-refractivity contribution in [3.05, 3.63) is 57.8 Å². The van der Waals surface area contributed by atoms with Gasteiger partial charge in [0.1, 0.15) is 6.61 Å². The van der Waals surface area contributed by atoms with Crippen molar-refractivity contribution in [2.75, 3.05) is 6.61 Å². The maximum absolute atomic E-state index is 11.0. The molecule has 2 nitrogen and oxygen atoms in total. The quantitative estimate of drug-likeness (QED) is 0.608. The number of benzene rings is 1. The number of thioether (sulfide) groups is 2. The van der Waals surface area contributed by atoms with Crippen LogP contribution in [0.2, 0.25) is 5.02 Å². The lowest BCUT2D eigenvalue weighted by atomic mass is 10.2. The molecule has 2 rings (SSSR count). The van der Waals surface area contributed by atoms with Gasteiger partial charge in [-0.15, -0.1) is 23.5 Å². The standard InChI is InChI=1S/C13H11ClO2S2/c1-2-12(15)16-7-11-8-17-13(18-11)9-3-5-10(14)6-4-9/h2-6,8,13H,1,7H2. The van der Waals surface area contributed by atoms with Crippen LogP contribution in [0.3, 0.4) is 0 Å². The Morgan fingerprint density at radius 1 is 1.44 bits per heavy atom. The van der Waals surface area contributed by atoms with E-state index in [1.807, 2.05) is 29.7 Å². The first-order chi connectivity index (χ1) is 8.69. The maximum Gasteiger partial charge on any atom is 0.330 e. The third-order valence-electron chi connectivity index (χ3n) is 2.25. The van der Waals surface area contributed by atoms with Gasteiger partial charge in [0.05, 0.1) is 4.58 Å². The van der Waals surface area contributed by atoms with Crippen LogP contribution in [-0.2, 0) is 9.53 Å². The van der Waals surface area contributed by atoms with Crippen LogP contribution in [0.4, 0.5) is 0 Å². The van der Waals surface area contributed by atoms with Gasteiger partial charge >= 0.3 is 5.97 Å². The first-order valence-corrected chi connectivity index (χ1v) is 7.45. The molecule has 1 aliphatic rings. The highest BCUT2D eigenvalue weighted by Gasteiger charge is 2.21. The molecule has 1 atom stereocenters. The summed E-state index contributed by atoms with van der Waals surface area (Å²) in [5, 5.41) is 2.76. The zero-order chi connectivity index (χ0) is 13.0. The van der Waals surface area contributed by atoms with E-state index in [1.54, 1.807) is 23.5 Å². The molecule has 0 spiro atoms. The molecule has 1 aromatic carbocycles. The fourth-order valence-corrected chi connectivity index (χ4v) is 3.99. The number of hydrogen-bond donors (Lipinski definition) is 0. The maximum atomic E-state index is 11.0. The van der Waals surface area contributed by atoms with E-state index in [-0.39, 0.29) is 0 Å². The average molecular weight is 299 g/mol. The summed E-state index contributed by atoms with van der Waals surface area (Å²) >= 11 is 9.26. The van der Waals surface area contributed by atoms with E-state index >= 15 is 0 Å². The van der Waals surface area contributed by atoms with Crippen LogP contribution in [0.5, 0.6) is 0 Å². The van der Waals surface area contributed by atoms with Gasteiger partial charge in [-0.25, -0.2) is 4.79 Å². The Kier molecular flexibility index (Phi) is 4.80. The van der Waals surface area contributed by atoms with E-state index in [9.17, 15) is 4.79 Å². The summed E-state index contributed by atoms with van der Waals surface area (Å²) in [7, 11) is 0. The number of carbonyl (C=O) groups is 1. The third kappa shape index (κ3) is 3.57. The van der Waals surface area contributed by atoms with Gasteiger partial charge in [-0.1, -0.05) is 30.3 Å². The Hall–Kier alpha value is -0.840. The average Bonchev–Trinajstić information content (AvgIpc) is 2.85. The van der Waals surface area contributed by atoms with Gasteiger partial charge in [0, 0.05) is 16.0 Å². The lowest BCUT2D eigenvalue weighted by molar-refractivity contribution is -0.136. The van der Waals surface area contributed by atoms with Crippen molar-refractivity contribution >= 4 is 41.1 Å². The molecule has 0 saturated heterocycles. The van der Waals surface area contributed by atoms with E-state index in [0.717, 1.165) is 9.93 Å². The molecule has 18 heavy (non-hydrogen) atoms. The summed E-state index contributed by atoms with van der Waals surface area (Å²) in [5.74, 6) is -0.392. The number of rotatable bonds is 4. The van der Waals surface area contributed by atoms with E-state index in [0.29, 0.717) is 11.2 Å². The second kappa shape index (κ2) is 6.36. The molecule has 1 aliphatic heterocycles. The summed E-state index contributed by atoms with van der Waals surface area (Å²) in [4.78, 5) is 12.0. The molecule has 0 radical (unpaired) electrons. The number of hydrogen-bond acceptors (Lipinski definition) is 4. The number of ether oxygens (including phenoxy) is 1. The number of carbonyl (C=O) groups excluding carboxylic acids is 1. The first-order valence-electron chi connectivity index (χ1n) is 5.25. The van der Waals surface area contributed by atoms with Crippen LogP contribution in [0.15, 0.2) is 47.2 Å². The molecule has 5 heteroatoms. The molecule has 1 unspecified atom stereocenters. The Balaban J connectivity index is 1.89. The summed E-state index contributed by atoms with van der Waals surface area (Å²) in [5.41, 5.74) is 1.20. The molecule has 1 aromatic rings. The second-order valence-corrected chi connectivity index (χ2v) is 6.48. The molecular weight excluding hydrogens is 288 g/mol. The summed E-state index contributed by atoms with van der Waals surface area (Å²) < 4.78 is 5.30. The summed E-state index contributed by atoms with van der Waals surface area (Å²) in [6.45, 7) is 3.67. The zero-order valence-corrected chi connectivity index (χ0v) is 11.9. The van der Waals surface area contributed by atoms with Crippen molar-refractivity contribution in [2.24, 2.45) is 0 Å². The van der Waals surface area contributed by atoms with Crippen molar-refractivity contribution in [3.8, 4) is 0 Å². The first kappa shape index (κ1) is 13.6. The van der Waals surface area contributed by atoms with Crippen LogP contribution in [0.25, 0.3) is 0 Å². The van der Waals surface area contributed by atoms with Gasteiger partial charge in [0.25, 0.3) is 0 Å². The lowest BCUT2D eigenvalue weighted by Crippen LogP contribution is -2.01. The SMILES string of the molecule is C=CC(=O)OCC1=CSC(c2ccc(Cl)cc2)S1. The topological polar surface area (TPSA) is 26.3 Å². The highest BCUT2D eigenvalue weighted by atomic mass is 35.5. The predicted octanol–water partition coefficient (Wildman–Crippen LogP) is 4.39. The van der Waals surface area contributed by atoms with Gasteiger partial charge in [-0.05, 0) is 23.1 Å². The normalized spacial score (nSPS) is 18.3. The second-order valence-electron chi connectivity index (χ2n) is 3.53. The van der Waals surface area contributed by atoms with E-state index < -0.39 is 5.97 Å². The number of esters is 1. The highest BCUT2D eigenvalue weighted by Crippen LogP contribution is 2.50. The van der Waals surface area contributed by atoms with E-state index in [1.165, 1.54) is 11.6 Å². The lowest BCUT2D eigenvalue weighted by Gasteiger charge is -2.09. The Morgan fingerprint density at radius 3 is 2.83 bits per heavy atom. The molecule has 0 aromatic heterocycles. The zero-order valence-electron chi connectivity index (χ0n) is 9.47. The molecule has 0 bridgehead atoms. The Labute approximate surface area is 119 Å². The van der Waals surface area contributed by atoms with Crippen molar-refractivity contribution in [1.82, 2.24) is 0 Å². The van der Waals surface area contributed by atoms with Gasteiger partial charge < -0.3 is 4.74 Å². The molecule has 94 valence electrons. The minimum Gasteiger partial charge on any atom is -0.457 e. The predicted molar refractivity (Wildman–Crippen MR) is 78.6 cm³/mol. The van der Waals surface area contributed by atoms with Crippen LogP contribution < -0.4 is 0 Å². The van der Waals surface area contributed by atoms with Crippen LogP contribution in [0, 0.1) is 0 Å². The Bertz CT molecular complexity index is 482. The fourth-order valence-electron chi connectivity index (χ4n) is 1.37. The summed E-state index contributed by atoms with van der Waals surface area (Å²) in [6, 6.07) is 7.79. The monoisotopic (exact) mass is 298 g/mol. The minimum atomic E-state index is -0.392. The minimum absolute atomic E-state index is 0.305. The van der Waals surface area contributed by atoms with Crippen LogP contribution >= 0.6 is 35.1 Å². The van der Waals surface area contributed by atoms with Gasteiger partial charge in [0.15, 0.2) is 0 Å². The van der Waals surface area contributed by atoms with Gasteiger partial charge in [-0.3, -0.25) is 0 Å². The van der Waals surface area contributed by atoms with Crippen molar-refractivity contribution in [3.63, 3.8) is 0 Å². The smallest absolute Gasteiger partial charge is 0.330 e. The molecule has 0 fully saturated rings. The van der Waals surface area contributed by atoms with E-state index in [2.05, 4.69) is 6.58 Å². The van der Waals surface area contributed by atoms with Crippen LogP contribution in [0.1, 0.15) is 10.1 Å². The molecular formula is C13H11ClO2S2. The molecule has 0 amide bonds. The van der Waals surface area contributed by atoms with Crippen molar-refractivity contribution in [2.45, 2.75) is 4.58 Å². The molecule has 1 heterocycles. The number of halogens is 1.